The fourth-order valence-electron chi connectivity index (χ4n) is 3.58. The van der Waals surface area contributed by atoms with Crippen molar-refractivity contribution < 1.29 is 4.79 Å². The van der Waals surface area contributed by atoms with E-state index in [1.165, 1.54) is 36.6 Å². The molecule has 5 nitrogen and oxygen atoms in total. The molecule has 0 saturated heterocycles. The van der Waals surface area contributed by atoms with Gasteiger partial charge in [-0.15, -0.1) is 10.2 Å². The van der Waals surface area contributed by atoms with Crippen LogP contribution in [0.1, 0.15) is 57.9 Å². The Labute approximate surface area is 166 Å². The predicted octanol–water partition coefficient (Wildman–Crippen LogP) is 4.59. The van der Waals surface area contributed by atoms with Crippen LogP contribution in [-0.4, -0.2) is 32.0 Å². The lowest BCUT2D eigenvalue weighted by atomic mass is 9.95. The van der Waals surface area contributed by atoms with Crippen LogP contribution < -0.4 is 5.32 Å². The highest BCUT2D eigenvalue weighted by atomic mass is 32.2. The molecule has 2 aromatic rings. The molecule has 1 aromatic carbocycles. The topological polar surface area (TPSA) is 59.8 Å². The zero-order valence-electron chi connectivity index (χ0n) is 16.6. The number of nitrogens with one attached hydrogen (secondary N) is 1. The second-order valence-electron chi connectivity index (χ2n) is 7.43. The molecule has 1 atom stereocenters. The molecule has 1 aliphatic carbocycles. The van der Waals surface area contributed by atoms with Crippen LogP contribution in [0.25, 0.3) is 11.4 Å². The first-order valence-electron chi connectivity index (χ1n) is 10.1. The first-order chi connectivity index (χ1) is 13.1. The fraction of sp³-hybridized carbons (Fsp3) is 0.571. The van der Waals surface area contributed by atoms with Gasteiger partial charge in [-0.2, -0.15) is 0 Å². The minimum absolute atomic E-state index is 0.107. The summed E-state index contributed by atoms with van der Waals surface area (Å²) in [5.74, 6) is 0.984. The van der Waals surface area contributed by atoms with Crippen LogP contribution in [0.15, 0.2) is 29.4 Å². The van der Waals surface area contributed by atoms with Crippen LogP contribution in [0.2, 0.25) is 0 Å². The van der Waals surface area contributed by atoms with Crippen LogP contribution in [0.4, 0.5) is 0 Å². The molecule has 1 fully saturated rings. The summed E-state index contributed by atoms with van der Waals surface area (Å²) >= 11 is 1.50. The van der Waals surface area contributed by atoms with Crippen LogP contribution in [0.3, 0.4) is 0 Å². The number of nitrogens with zero attached hydrogens (tertiary/aromatic N) is 3. The first kappa shape index (κ1) is 19.9. The van der Waals surface area contributed by atoms with Crippen molar-refractivity contribution >= 4 is 17.7 Å². The SMILES string of the molecule is CCCn1c(SC(C)C(=O)NC2CCCCC2)nnc1-c1cccc(C)c1. The summed E-state index contributed by atoms with van der Waals surface area (Å²) in [5, 5.41) is 12.7. The smallest absolute Gasteiger partial charge is 0.233 e. The third kappa shape index (κ3) is 5.12. The molecule has 1 aliphatic rings. The summed E-state index contributed by atoms with van der Waals surface area (Å²) in [5.41, 5.74) is 2.27. The molecule has 0 radical (unpaired) electrons. The Morgan fingerprint density at radius 1 is 1.30 bits per heavy atom. The molecular formula is C21H30N4OS. The molecule has 1 unspecified atom stereocenters. The summed E-state index contributed by atoms with van der Waals surface area (Å²) in [6, 6.07) is 8.66. The molecule has 146 valence electrons. The number of amides is 1. The van der Waals surface area contributed by atoms with E-state index >= 15 is 0 Å². The third-order valence-electron chi connectivity index (χ3n) is 5.04. The highest BCUT2D eigenvalue weighted by Crippen LogP contribution is 2.28. The van der Waals surface area contributed by atoms with Crippen molar-refractivity contribution in [1.82, 2.24) is 20.1 Å². The standard InChI is InChI=1S/C21H30N4OS/c1-4-13-25-19(17-10-8-9-15(2)14-17)23-24-21(25)27-16(3)20(26)22-18-11-6-5-7-12-18/h8-10,14,16,18H,4-7,11-13H2,1-3H3,(H,22,26). The van der Waals surface area contributed by atoms with Crippen LogP contribution in [0, 0.1) is 6.92 Å². The van der Waals surface area contributed by atoms with Crippen LogP contribution >= 0.6 is 11.8 Å². The largest absolute Gasteiger partial charge is 0.352 e. The Kier molecular flexibility index (Phi) is 6.94. The summed E-state index contributed by atoms with van der Waals surface area (Å²) < 4.78 is 2.14. The van der Waals surface area contributed by atoms with E-state index in [0.29, 0.717) is 6.04 Å². The normalized spacial score (nSPS) is 16.3. The second kappa shape index (κ2) is 9.40. The maximum atomic E-state index is 12.6. The van der Waals surface area contributed by atoms with Crippen molar-refractivity contribution in [3.05, 3.63) is 29.8 Å². The minimum atomic E-state index is -0.183. The van der Waals surface area contributed by atoms with Gasteiger partial charge in [0, 0.05) is 18.2 Å². The van der Waals surface area contributed by atoms with Gasteiger partial charge in [0.25, 0.3) is 0 Å². The van der Waals surface area contributed by atoms with Crippen LogP contribution in [0.5, 0.6) is 0 Å². The van der Waals surface area contributed by atoms with E-state index in [-0.39, 0.29) is 11.2 Å². The Morgan fingerprint density at radius 3 is 2.78 bits per heavy atom. The molecule has 0 bridgehead atoms. The Morgan fingerprint density at radius 2 is 2.07 bits per heavy atom. The van der Waals surface area contributed by atoms with Gasteiger partial charge in [-0.25, -0.2) is 0 Å². The molecule has 6 heteroatoms. The lowest BCUT2D eigenvalue weighted by Gasteiger charge is -2.24. The van der Waals surface area contributed by atoms with Crippen molar-refractivity contribution in [1.29, 1.82) is 0 Å². The van der Waals surface area contributed by atoms with Gasteiger partial charge in [-0.1, -0.05) is 61.7 Å². The number of rotatable bonds is 7. The molecule has 0 aliphatic heterocycles. The van der Waals surface area contributed by atoms with E-state index in [1.54, 1.807) is 0 Å². The molecule has 3 rings (SSSR count). The van der Waals surface area contributed by atoms with E-state index in [9.17, 15) is 4.79 Å². The van der Waals surface area contributed by atoms with Crippen LogP contribution in [-0.2, 0) is 11.3 Å². The van der Waals surface area contributed by atoms with E-state index in [0.717, 1.165) is 42.4 Å². The average molecular weight is 387 g/mol. The van der Waals surface area contributed by atoms with Gasteiger partial charge < -0.3 is 9.88 Å². The highest BCUT2D eigenvalue weighted by Gasteiger charge is 2.23. The van der Waals surface area contributed by atoms with Gasteiger partial charge in [0.2, 0.25) is 5.91 Å². The predicted molar refractivity (Wildman–Crippen MR) is 111 cm³/mol. The van der Waals surface area contributed by atoms with Crippen molar-refractivity contribution in [2.75, 3.05) is 0 Å². The third-order valence-corrected chi connectivity index (χ3v) is 6.12. The van der Waals surface area contributed by atoms with Gasteiger partial charge in [0.15, 0.2) is 11.0 Å². The number of hydrogen-bond donors (Lipinski definition) is 1. The molecule has 1 amide bonds. The zero-order valence-corrected chi connectivity index (χ0v) is 17.4. The summed E-state index contributed by atoms with van der Waals surface area (Å²) in [7, 11) is 0. The Hall–Kier alpha value is -1.82. The van der Waals surface area contributed by atoms with Gasteiger partial charge in [-0.3, -0.25) is 4.79 Å². The summed E-state index contributed by atoms with van der Waals surface area (Å²) in [6.45, 7) is 7.03. The quantitative estimate of drug-likeness (QED) is 0.707. The van der Waals surface area contributed by atoms with E-state index in [1.807, 2.05) is 13.0 Å². The maximum absolute atomic E-state index is 12.6. The fourth-order valence-corrected chi connectivity index (χ4v) is 4.46. The summed E-state index contributed by atoms with van der Waals surface area (Å²) in [4.78, 5) is 12.6. The monoisotopic (exact) mass is 386 g/mol. The molecular weight excluding hydrogens is 356 g/mol. The van der Waals surface area contributed by atoms with Crippen molar-refractivity contribution in [3.63, 3.8) is 0 Å². The lowest BCUT2D eigenvalue weighted by molar-refractivity contribution is -0.121. The maximum Gasteiger partial charge on any atom is 0.233 e. The van der Waals surface area contributed by atoms with Gasteiger partial charge >= 0.3 is 0 Å². The first-order valence-corrected chi connectivity index (χ1v) is 10.9. The molecule has 1 N–H and O–H groups in total. The molecule has 1 aromatic heterocycles. The number of hydrogen-bond acceptors (Lipinski definition) is 4. The number of carbonyl (C=O) groups is 1. The Balaban J connectivity index is 1.72. The van der Waals surface area contributed by atoms with Gasteiger partial charge in [-0.05, 0) is 39.2 Å². The summed E-state index contributed by atoms with van der Waals surface area (Å²) in [6.07, 6.45) is 6.93. The van der Waals surface area contributed by atoms with Gasteiger partial charge in [0.05, 0.1) is 5.25 Å². The molecule has 1 heterocycles. The average Bonchev–Trinajstić information content (AvgIpc) is 3.05. The lowest BCUT2D eigenvalue weighted by Crippen LogP contribution is -2.40. The molecule has 27 heavy (non-hydrogen) atoms. The van der Waals surface area contributed by atoms with Crippen molar-refractivity contribution in [2.45, 2.75) is 82.3 Å². The minimum Gasteiger partial charge on any atom is -0.352 e. The van der Waals surface area contributed by atoms with E-state index in [4.69, 9.17) is 0 Å². The van der Waals surface area contributed by atoms with E-state index < -0.39 is 0 Å². The number of carbonyl (C=O) groups excluding carboxylic acids is 1. The van der Waals surface area contributed by atoms with E-state index in [2.05, 4.69) is 52.1 Å². The highest BCUT2D eigenvalue weighted by molar-refractivity contribution is 8.00. The number of aryl methyl sites for hydroxylation is 1. The number of aromatic nitrogens is 3. The zero-order chi connectivity index (χ0) is 19.2. The number of benzene rings is 1. The number of thioether (sulfide) groups is 1. The van der Waals surface area contributed by atoms with Crippen molar-refractivity contribution in [2.24, 2.45) is 0 Å². The molecule has 1 saturated carbocycles. The Bertz CT molecular complexity index is 767. The van der Waals surface area contributed by atoms with Crippen molar-refractivity contribution in [3.8, 4) is 11.4 Å². The second-order valence-corrected chi connectivity index (χ2v) is 8.74. The molecule has 0 spiro atoms. The van der Waals surface area contributed by atoms with Gasteiger partial charge in [0.1, 0.15) is 0 Å².